The molecule has 1 heterocycles. The van der Waals surface area contributed by atoms with Crippen LogP contribution < -0.4 is 0 Å². The van der Waals surface area contributed by atoms with Crippen molar-refractivity contribution in [3.8, 4) is 0 Å². The highest BCUT2D eigenvalue weighted by Gasteiger charge is 2.26. The zero-order valence-corrected chi connectivity index (χ0v) is 12.2. The first-order valence-electron chi connectivity index (χ1n) is 4.96. The van der Waals surface area contributed by atoms with E-state index in [0.717, 1.165) is 5.56 Å². The fourth-order valence-electron chi connectivity index (χ4n) is 1.62. The van der Waals surface area contributed by atoms with Crippen molar-refractivity contribution in [1.82, 2.24) is 14.8 Å². The maximum Gasteiger partial charge on any atom is 0.137 e. The van der Waals surface area contributed by atoms with E-state index >= 15 is 0 Å². The van der Waals surface area contributed by atoms with Crippen LogP contribution in [0.4, 0.5) is 0 Å². The number of nitrogens with zero attached hydrogens (tertiary/aromatic N) is 3. The molecule has 90 valence electrons. The summed E-state index contributed by atoms with van der Waals surface area (Å²) in [5, 5.41) is 5.34. The van der Waals surface area contributed by atoms with Gasteiger partial charge in [-0.25, -0.2) is 4.98 Å². The highest BCUT2D eigenvalue weighted by molar-refractivity contribution is 9.09. The average molecular weight is 335 g/mol. The molecule has 0 aliphatic rings. The van der Waals surface area contributed by atoms with Crippen LogP contribution in [0.3, 0.4) is 0 Å². The van der Waals surface area contributed by atoms with Crippen LogP contribution in [0.5, 0.6) is 0 Å². The van der Waals surface area contributed by atoms with Gasteiger partial charge in [0, 0.05) is 10.0 Å². The monoisotopic (exact) mass is 333 g/mol. The third kappa shape index (κ3) is 3.00. The van der Waals surface area contributed by atoms with Gasteiger partial charge in [-0.1, -0.05) is 45.2 Å². The van der Waals surface area contributed by atoms with Gasteiger partial charge < -0.3 is 0 Å². The van der Waals surface area contributed by atoms with Crippen molar-refractivity contribution in [2.24, 2.45) is 0 Å². The van der Waals surface area contributed by atoms with E-state index in [9.17, 15) is 0 Å². The van der Waals surface area contributed by atoms with Gasteiger partial charge in [0.1, 0.15) is 12.7 Å². The lowest BCUT2D eigenvalue weighted by molar-refractivity contribution is 0.514. The lowest BCUT2D eigenvalue weighted by Crippen LogP contribution is -2.22. The zero-order chi connectivity index (χ0) is 12.5. The third-order valence-corrected chi connectivity index (χ3v) is 3.64. The molecule has 0 amide bonds. The smallest absolute Gasteiger partial charge is 0.137 e. The Kier molecular flexibility index (Phi) is 3.76. The number of aromatic nitrogens is 3. The Bertz CT molecular complexity index is 511. The molecule has 0 fully saturated rings. The van der Waals surface area contributed by atoms with Crippen molar-refractivity contribution >= 4 is 39.1 Å². The molecular weight excluding hydrogens is 325 g/mol. The molecule has 0 radical (unpaired) electrons. The Hall–Kier alpha value is -0.580. The van der Waals surface area contributed by atoms with Crippen LogP contribution in [-0.4, -0.2) is 14.8 Å². The lowest BCUT2D eigenvalue weighted by atomic mass is 10.0. The van der Waals surface area contributed by atoms with Crippen molar-refractivity contribution in [2.75, 3.05) is 0 Å². The number of hydrogen-bond acceptors (Lipinski definition) is 2. The van der Waals surface area contributed by atoms with Gasteiger partial charge >= 0.3 is 0 Å². The first kappa shape index (κ1) is 12.9. The Morgan fingerprint density at radius 3 is 2.76 bits per heavy atom. The summed E-state index contributed by atoms with van der Waals surface area (Å²) in [5.41, 5.74) is 0.971. The number of benzene rings is 1. The van der Waals surface area contributed by atoms with Crippen molar-refractivity contribution in [2.45, 2.75) is 17.8 Å². The average Bonchev–Trinajstić information content (AvgIpc) is 2.68. The summed E-state index contributed by atoms with van der Waals surface area (Å²) in [5.74, 6) is 0. The molecule has 0 aliphatic carbocycles. The number of halogens is 3. The van der Waals surface area contributed by atoms with E-state index in [1.807, 2.05) is 19.1 Å². The van der Waals surface area contributed by atoms with Gasteiger partial charge in [0.25, 0.3) is 0 Å². The summed E-state index contributed by atoms with van der Waals surface area (Å²) in [4.78, 5) is 3.91. The van der Waals surface area contributed by atoms with Crippen LogP contribution in [0.15, 0.2) is 30.9 Å². The maximum absolute atomic E-state index is 6.19. The summed E-state index contributed by atoms with van der Waals surface area (Å²) in [6, 6.07) is 5.47. The Morgan fingerprint density at radius 1 is 1.41 bits per heavy atom. The lowest BCUT2D eigenvalue weighted by Gasteiger charge is -2.24. The molecule has 0 bridgehead atoms. The standard InChI is InChI=1S/C11H10BrCl2N3/c1-11(12,5-17-7-15-6-16-17)9-3-2-8(13)4-10(9)14/h2-4,6-7H,5H2,1H3. The van der Waals surface area contributed by atoms with E-state index in [-0.39, 0.29) is 4.32 Å². The molecule has 2 rings (SSSR count). The zero-order valence-electron chi connectivity index (χ0n) is 9.07. The predicted octanol–water partition coefficient (Wildman–Crippen LogP) is 3.90. The Balaban J connectivity index is 2.30. The fourth-order valence-corrected chi connectivity index (χ4v) is 2.95. The molecule has 3 nitrogen and oxygen atoms in total. The van der Waals surface area contributed by atoms with Crippen LogP contribution in [-0.2, 0) is 10.9 Å². The summed E-state index contributed by atoms with van der Waals surface area (Å²) in [6.45, 7) is 2.66. The summed E-state index contributed by atoms with van der Waals surface area (Å²) >= 11 is 15.7. The van der Waals surface area contributed by atoms with Crippen LogP contribution in [0.25, 0.3) is 0 Å². The third-order valence-electron chi connectivity index (χ3n) is 2.42. The quantitative estimate of drug-likeness (QED) is 0.797. The SMILES string of the molecule is CC(Br)(Cn1cncn1)c1ccc(Cl)cc1Cl. The second-order valence-corrected chi connectivity index (χ2v) is 6.51. The summed E-state index contributed by atoms with van der Waals surface area (Å²) in [7, 11) is 0. The molecule has 1 aromatic carbocycles. The van der Waals surface area contributed by atoms with Crippen LogP contribution in [0.1, 0.15) is 12.5 Å². The normalized spacial score (nSPS) is 14.6. The minimum absolute atomic E-state index is 0.317. The Morgan fingerprint density at radius 2 is 2.18 bits per heavy atom. The number of alkyl halides is 1. The topological polar surface area (TPSA) is 30.7 Å². The molecule has 1 unspecified atom stereocenters. The van der Waals surface area contributed by atoms with Crippen molar-refractivity contribution < 1.29 is 0 Å². The minimum Gasteiger partial charge on any atom is -0.251 e. The van der Waals surface area contributed by atoms with Crippen molar-refractivity contribution in [1.29, 1.82) is 0 Å². The second-order valence-electron chi connectivity index (χ2n) is 3.91. The largest absolute Gasteiger partial charge is 0.251 e. The van der Waals surface area contributed by atoms with E-state index < -0.39 is 0 Å². The van der Waals surface area contributed by atoms with Gasteiger partial charge in [0.05, 0.1) is 10.9 Å². The second kappa shape index (κ2) is 4.96. The molecule has 17 heavy (non-hydrogen) atoms. The van der Waals surface area contributed by atoms with E-state index in [2.05, 4.69) is 26.0 Å². The molecule has 0 saturated heterocycles. The van der Waals surface area contributed by atoms with E-state index in [0.29, 0.717) is 16.6 Å². The molecule has 0 saturated carbocycles. The predicted molar refractivity (Wildman–Crippen MR) is 72.8 cm³/mol. The maximum atomic E-state index is 6.19. The Labute approximate surface area is 118 Å². The minimum atomic E-state index is -0.317. The first-order chi connectivity index (χ1) is 7.99. The van der Waals surface area contributed by atoms with Crippen LogP contribution >= 0.6 is 39.1 Å². The number of hydrogen-bond donors (Lipinski definition) is 0. The van der Waals surface area contributed by atoms with Gasteiger partial charge in [0.2, 0.25) is 0 Å². The van der Waals surface area contributed by atoms with Gasteiger partial charge in [-0.05, 0) is 24.6 Å². The van der Waals surface area contributed by atoms with Crippen molar-refractivity contribution in [3.63, 3.8) is 0 Å². The van der Waals surface area contributed by atoms with Crippen LogP contribution in [0.2, 0.25) is 10.0 Å². The fraction of sp³-hybridized carbons (Fsp3) is 0.273. The van der Waals surface area contributed by atoms with E-state index in [4.69, 9.17) is 23.2 Å². The molecule has 0 N–H and O–H groups in total. The van der Waals surface area contributed by atoms with E-state index in [1.165, 1.54) is 6.33 Å². The molecule has 1 atom stereocenters. The van der Waals surface area contributed by atoms with Crippen LogP contribution in [0, 0.1) is 0 Å². The molecular formula is C11H10BrCl2N3. The molecule has 2 aromatic rings. The summed E-state index contributed by atoms with van der Waals surface area (Å²) in [6.07, 6.45) is 3.18. The van der Waals surface area contributed by atoms with Crippen molar-refractivity contribution in [3.05, 3.63) is 46.5 Å². The molecule has 0 spiro atoms. The van der Waals surface area contributed by atoms with Gasteiger partial charge in [-0.2, -0.15) is 5.10 Å². The highest BCUT2D eigenvalue weighted by Crippen LogP contribution is 2.37. The summed E-state index contributed by atoms with van der Waals surface area (Å²) < 4.78 is 1.43. The first-order valence-corrected chi connectivity index (χ1v) is 6.51. The van der Waals surface area contributed by atoms with E-state index in [1.54, 1.807) is 17.1 Å². The number of rotatable bonds is 3. The molecule has 6 heteroatoms. The molecule has 1 aromatic heterocycles. The highest BCUT2D eigenvalue weighted by atomic mass is 79.9. The van der Waals surface area contributed by atoms with Gasteiger partial charge in [0.15, 0.2) is 0 Å². The molecule has 0 aliphatic heterocycles. The van der Waals surface area contributed by atoms with Gasteiger partial charge in [-0.3, -0.25) is 4.68 Å². The van der Waals surface area contributed by atoms with Gasteiger partial charge in [-0.15, -0.1) is 0 Å².